The van der Waals surface area contributed by atoms with Crippen LogP contribution in [0.3, 0.4) is 0 Å². The zero-order valence-corrected chi connectivity index (χ0v) is 22.5. The van der Waals surface area contributed by atoms with E-state index in [9.17, 15) is 14.7 Å². The van der Waals surface area contributed by atoms with E-state index in [4.69, 9.17) is 4.74 Å². The molecule has 0 bridgehead atoms. The van der Waals surface area contributed by atoms with Gasteiger partial charge in [-0.3, -0.25) is 9.59 Å². The number of aliphatic hydroxyl groups excluding tert-OH is 1. The fraction of sp³-hybridized carbons (Fsp3) is 0.333. The van der Waals surface area contributed by atoms with Crippen LogP contribution < -0.4 is 15.4 Å². The van der Waals surface area contributed by atoms with Gasteiger partial charge in [-0.2, -0.15) is 0 Å². The molecule has 0 saturated carbocycles. The van der Waals surface area contributed by atoms with Crippen molar-refractivity contribution < 1.29 is 19.4 Å². The van der Waals surface area contributed by atoms with Gasteiger partial charge in [0.1, 0.15) is 5.75 Å². The summed E-state index contributed by atoms with van der Waals surface area (Å²) in [6, 6.07) is 21.3. The number of halogens is 1. The summed E-state index contributed by atoms with van der Waals surface area (Å²) >= 11 is 0. The Bertz CT molecular complexity index is 1300. The summed E-state index contributed by atoms with van der Waals surface area (Å²) < 4.78 is 5.77. The molecule has 0 aliphatic carbocycles. The minimum absolute atomic E-state index is 0. The average molecular weight is 536 g/mol. The molecule has 3 aromatic rings. The van der Waals surface area contributed by atoms with E-state index in [1.54, 1.807) is 12.1 Å². The molecule has 2 aliphatic heterocycles. The monoisotopic (exact) mass is 535 g/mol. The predicted octanol–water partition coefficient (Wildman–Crippen LogP) is 4.03. The molecule has 0 saturated heterocycles. The summed E-state index contributed by atoms with van der Waals surface area (Å²) in [4.78, 5) is 28.3. The normalized spacial score (nSPS) is 17.6. The SMILES string of the molecule is CCOc1cc2c(cc1C(=O)NCC(O)C1Cc3ccccc3CN1)CN([C@@H](C)c1ccccc1)C2=O.Cl. The molecule has 0 fully saturated rings. The van der Waals surface area contributed by atoms with Crippen LogP contribution >= 0.6 is 12.4 Å². The number of nitrogens with one attached hydrogen (secondary N) is 2. The van der Waals surface area contributed by atoms with Gasteiger partial charge in [-0.15, -0.1) is 12.4 Å². The number of carbonyl (C=O) groups excluding carboxylic acids is 2. The molecule has 2 aliphatic rings. The van der Waals surface area contributed by atoms with Crippen LogP contribution in [0.15, 0.2) is 66.7 Å². The fourth-order valence-electron chi connectivity index (χ4n) is 5.23. The van der Waals surface area contributed by atoms with Crippen molar-refractivity contribution in [3.05, 3.63) is 100 Å². The van der Waals surface area contributed by atoms with Crippen molar-refractivity contribution in [2.45, 2.75) is 51.5 Å². The van der Waals surface area contributed by atoms with Crippen molar-refractivity contribution in [1.82, 2.24) is 15.5 Å². The van der Waals surface area contributed by atoms with Gasteiger partial charge in [-0.05, 0) is 54.7 Å². The molecule has 2 amide bonds. The van der Waals surface area contributed by atoms with E-state index < -0.39 is 6.10 Å². The van der Waals surface area contributed by atoms with E-state index in [0.717, 1.165) is 11.1 Å². The number of hydrogen-bond donors (Lipinski definition) is 3. The minimum Gasteiger partial charge on any atom is -0.493 e. The van der Waals surface area contributed by atoms with Gasteiger partial charge >= 0.3 is 0 Å². The Kier molecular flexibility index (Phi) is 8.72. The Balaban J connectivity index is 0.00000336. The van der Waals surface area contributed by atoms with Gasteiger partial charge in [-0.25, -0.2) is 0 Å². The third kappa shape index (κ3) is 5.55. The highest BCUT2D eigenvalue weighted by molar-refractivity contribution is 6.03. The maximum atomic E-state index is 13.3. The van der Waals surface area contributed by atoms with Crippen LogP contribution in [0.1, 0.15) is 62.9 Å². The van der Waals surface area contributed by atoms with Crippen molar-refractivity contribution in [2.75, 3.05) is 13.2 Å². The van der Waals surface area contributed by atoms with Crippen LogP contribution in [0.5, 0.6) is 5.75 Å². The maximum Gasteiger partial charge on any atom is 0.255 e. The van der Waals surface area contributed by atoms with Gasteiger partial charge in [0.2, 0.25) is 0 Å². The van der Waals surface area contributed by atoms with Gasteiger partial charge in [0.15, 0.2) is 0 Å². The molecular weight excluding hydrogens is 502 g/mol. The zero-order valence-electron chi connectivity index (χ0n) is 21.6. The van der Waals surface area contributed by atoms with Gasteiger partial charge in [0.25, 0.3) is 11.8 Å². The molecule has 3 aromatic carbocycles. The summed E-state index contributed by atoms with van der Waals surface area (Å²) in [5, 5.41) is 17.0. The third-order valence-corrected chi connectivity index (χ3v) is 7.38. The van der Waals surface area contributed by atoms with Crippen molar-refractivity contribution in [1.29, 1.82) is 0 Å². The van der Waals surface area contributed by atoms with Crippen LogP contribution in [0.4, 0.5) is 0 Å². The second-order valence-corrected chi connectivity index (χ2v) is 9.70. The molecule has 2 heterocycles. The smallest absolute Gasteiger partial charge is 0.255 e. The lowest BCUT2D eigenvalue weighted by Crippen LogP contribution is -2.49. The third-order valence-electron chi connectivity index (χ3n) is 7.38. The first-order valence-corrected chi connectivity index (χ1v) is 12.9. The summed E-state index contributed by atoms with van der Waals surface area (Å²) in [5.74, 6) is -0.0256. The highest BCUT2D eigenvalue weighted by Gasteiger charge is 2.34. The fourth-order valence-corrected chi connectivity index (χ4v) is 5.23. The number of aliphatic hydroxyl groups is 1. The summed E-state index contributed by atoms with van der Waals surface area (Å²) in [7, 11) is 0. The van der Waals surface area contributed by atoms with E-state index in [1.807, 2.05) is 61.2 Å². The molecule has 0 aromatic heterocycles. The molecule has 3 N–H and O–H groups in total. The Morgan fingerprint density at radius 1 is 1.11 bits per heavy atom. The Hall–Kier alpha value is -3.39. The number of benzene rings is 3. The summed E-state index contributed by atoms with van der Waals surface area (Å²) in [5.41, 5.74) is 5.24. The highest BCUT2D eigenvalue weighted by atomic mass is 35.5. The second kappa shape index (κ2) is 12.0. The number of carbonyl (C=O) groups is 2. The predicted molar refractivity (Wildman–Crippen MR) is 149 cm³/mol. The molecule has 2 unspecified atom stereocenters. The quantitative estimate of drug-likeness (QED) is 0.405. The first-order chi connectivity index (χ1) is 18.0. The molecule has 38 heavy (non-hydrogen) atoms. The molecule has 0 radical (unpaired) electrons. The lowest BCUT2D eigenvalue weighted by Gasteiger charge is -2.30. The molecule has 8 heteroatoms. The lowest BCUT2D eigenvalue weighted by molar-refractivity contribution is 0.0715. The lowest BCUT2D eigenvalue weighted by atomic mass is 9.93. The number of hydrogen-bond acceptors (Lipinski definition) is 5. The largest absolute Gasteiger partial charge is 0.493 e. The van der Waals surface area contributed by atoms with Crippen LogP contribution in [-0.4, -0.2) is 47.1 Å². The zero-order chi connectivity index (χ0) is 25.9. The Labute approximate surface area is 229 Å². The van der Waals surface area contributed by atoms with Crippen molar-refractivity contribution in [3.63, 3.8) is 0 Å². The van der Waals surface area contributed by atoms with Crippen LogP contribution in [-0.2, 0) is 19.5 Å². The van der Waals surface area contributed by atoms with Crippen LogP contribution in [0, 0.1) is 0 Å². The van der Waals surface area contributed by atoms with E-state index in [1.165, 1.54) is 11.1 Å². The molecule has 0 spiro atoms. The van der Waals surface area contributed by atoms with Crippen LogP contribution in [0.2, 0.25) is 0 Å². The van der Waals surface area contributed by atoms with E-state index >= 15 is 0 Å². The highest BCUT2D eigenvalue weighted by Crippen LogP contribution is 2.35. The van der Waals surface area contributed by atoms with Gasteiger partial charge in [-0.1, -0.05) is 54.6 Å². The van der Waals surface area contributed by atoms with E-state index in [2.05, 4.69) is 22.8 Å². The summed E-state index contributed by atoms with van der Waals surface area (Å²) in [6.45, 7) is 5.44. The number of fused-ring (bicyclic) bond motifs is 2. The van der Waals surface area contributed by atoms with Gasteiger partial charge < -0.3 is 25.4 Å². The Morgan fingerprint density at radius 3 is 2.55 bits per heavy atom. The molecule has 200 valence electrons. The molecule has 7 nitrogen and oxygen atoms in total. The molecule has 3 atom stereocenters. The number of rotatable bonds is 8. The van der Waals surface area contributed by atoms with Crippen LogP contribution in [0.25, 0.3) is 0 Å². The first-order valence-electron chi connectivity index (χ1n) is 12.9. The van der Waals surface area contributed by atoms with Gasteiger partial charge in [0.05, 0.1) is 24.3 Å². The maximum absolute atomic E-state index is 13.3. The first kappa shape index (κ1) is 27.6. The topological polar surface area (TPSA) is 90.9 Å². The molecule has 5 rings (SSSR count). The van der Waals surface area contributed by atoms with Crippen molar-refractivity contribution in [3.8, 4) is 5.75 Å². The average Bonchev–Trinajstić information content (AvgIpc) is 3.26. The summed E-state index contributed by atoms with van der Waals surface area (Å²) in [6.07, 6.45) is -0.0422. The molecular formula is C30H34ClN3O4. The van der Waals surface area contributed by atoms with E-state index in [0.29, 0.717) is 43.0 Å². The van der Waals surface area contributed by atoms with Gasteiger partial charge in [0, 0.05) is 31.2 Å². The number of nitrogens with zero attached hydrogens (tertiary/aromatic N) is 1. The van der Waals surface area contributed by atoms with Crippen molar-refractivity contribution in [2.24, 2.45) is 0 Å². The number of ether oxygens (including phenoxy) is 1. The number of amides is 2. The standard InChI is InChI=1S/C30H33N3O4.ClH/c1-3-37-28-15-24-23(18-33(30(24)36)19(2)20-9-5-4-6-10-20)13-25(28)29(35)32-17-27(34)26-14-21-11-7-8-12-22(21)16-31-26;/h4-13,15,19,26-27,31,34H,3,14,16-18H2,1-2H3,(H,32,35);1H/t19-,26?,27?;/m0./s1. The minimum atomic E-state index is -0.744. The van der Waals surface area contributed by atoms with Crippen molar-refractivity contribution >= 4 is 24.2 Å². The Morgan fingerprint density at radius 2 is 1.82 bits per heavy atom. The van der Waals surface area contributed by atoms with E-state index in [-0.39, 0.29) is 42.8 Å². The second-order valence-electron chi connectivity index (χ2n) is 9.70.